The van der Waals surface area contributed by atoms with E-state index in [1.54, 1.807) is 0 Å². The molecule has 9 rings (SSSR count). The largest absolute Gasteiger partial charge is 0.311 e. The van der Waals surface area contributed by atoms with E-state index in [0.29, 0.717) is 0 Å². The van der Waals surface area contributed by atoms with Crippen LogP contribution in [0.1, 0.15) is 131 Å². The summed E-state index contributed by atoms with van der Waals surface area (Å²) in [7, 11) is 0. The molecule has 2 aliphatic heterocycles. The van der Waals surface area contributed by atoms with Gasteiger partial charge in [-0.15, -0.1) is 11.3 Å². The van der Waals surface area contributed by atoms with Crippen molar-refractivity contribution in [3.8, 4) is 0 Å². The van der Waals surface area contributed by atoms with Gasteiger partial charge in [0.2, 0.25) is 0 Å². The number of nitrogens with zero attached hydrogens (tertiary/aromatic N) is 4. The van der Waals surface area contributed by atoms with Crippen LogP contribution in [-0.2, 0) is 27.1 Å². The first-order valence-electron chi connectivity index (χ1n) is 23.5. The molecule has 0 saturated heterocycles. The number of para-hydroxylation sites is 2. The summed E-state index contributed by atoms with van der Waals surface area (Å²) < 4.78 is 0. The van der Waals surface area contributed by atoms with Crippen molar-refractivity contribution in [3.63, 3.8) is 0 Å². The van der Waals surface area contributed by atoms with Crippen LogP contribution in [0.5, 0.6) is 0 Å². The van der Waals surface area contributed by atoms with Crippen molar-refractivity contribution >= 4 is 85.1 Å². The van der Waals surface area contributed by atoms with Crippen LogP contribution in [0, 0.1) is 0 Å². The summed E-state index contributed by atoms with van der Waals surface area (Å²) in [6.45, 7) is 34.8. The molecule has 6 heteroatoms. The predicted octanol–water partition coefficient (Wildman–Crippen LogP) is 15.2. The van der Waals surface area contributed by atoms with E-state index in [9.17, 15) is 0 Å². The summed E-state index contributed by atoms with van der Waals surface area (Å²) in [6, 6.07) is 50.4. The van der Waals surface area contributed by atoms with E-state index >= 15 is 0 Å². The number of benzene rings is 6. The quantitative estimate of drug-likeness (QED) is 0.161. The van der Waals surface area contributed by atoms with E-state index in [1.165, 1.54) is 60.9 Å². The monoisotopic (exact) mass is 875 g/mol. The van der Waals surface area contributed by atoms with Gasteiger partial charge >= 0.3 is 0 Å². The van der Waals surface area contributed by atoms with E-state index in [4.69, 9.17) is 4.98 Å². The highest BCUT2D eigenvalue weighted by Crippen LogP contribution is 2.50. The Morgan fingerprint density at radius 1 is 0.431 bits per heavy atom. The zero-order valence-corrected chi connectivity index (χ0v) is 42.3. The van der Waals surface area contributed by atoms with E-state index in [1.807, 2.05) is 11.3 Å². The maximum Gasteiger partial charge on any atom is 0.276 e. The molecule has 6 aromatic carbocycles. The molecular weight excluding hydrogens is 808 g/mol. The van der Waals surface area contributed by atoms with Crippen LogP contribution in [0.3, 0.4) is 0 Å². The van der Waals surface area contributed by atoms with E-state index in [0.717, 1.165) is 33.4 Å². The highest BCUT2D eigenvalue weighted by molar-refractivity contribution is 7.19. The van der Waals surface area contributed by atoms with Gasteiger partial charge in [-0.2, -0.15) is 0 Å². The fourth-order valence-electron chi connectivity index (χ4n) is 9.35. The Labute approximate surface area is 394 Å². The standard InChI is InChI=1S/C59H67BN4S/c1-55(2,3)38-26-28-44(29-27-38)63-48-37-45(62(42-22-18-16-19-23-42)43-24-20-17-21-25-43)30-31-47(48)60-51-49(63)35-41(58(10,11)12)36-50(51)64(53-52(60)61-54(65-53)59(13,14)15)46-33-39(56(4,5)6)32-40(34-46)57(7,8)9/h16-37H,1-15H3. The smallest absolute Gasteiger partial charge is 0.276 e. The summed E-state index contributed by atoms with van der Waals surface area (Å²) in [5, 5.41) is 2.36. The number of thiazole rings is 1. The Bertz CT molecular complexity index is 2820. The molecule has 1 aromatic heterocycles. The summed E-state index contributed by atoms with van der Waals surface area (Å²) in [5.74, 6) is 0. The minimum absolute atomic E-state index is 0.0214. The minimum atomic E-state index is -0.142. The molecule has 0 atom stereocenters. The van der Waals surface area contributed by atoms with Gasteiger partial charge in [-0.3, -0.25) is 4.98 Å². The fourth-order valence-corrected chi connectivity index (χ4v) is 10.6. The first-order chi connectivity index (χ1) is 30.4. The maximum atomic E-state index is 5.77. The molecule has 3 heterocycles. The summed E-state index contributed by atoms with van der Waals surface area (Å²) in [5.41, 5.74) is 17.9. The second kappa shape index (κ2) is 15.5. The normalized spacial score (nSPS) is 14.0. The Balaban J connectivity index is 1.40. The minimum Gasteiger partial charge on any atom is -0.311 e. The lowest BCUT2D eigenvalue weighted by atomic mass is 9.35. The fraction of sp³-hybridized carbons (Fsp3) is 0.339. The van der Waals surface area contributed by atoms with Crippen LogP contribution in [-0.4, -0.2) is 11.7 Å². The van der Waals surface area contributed by atoms with Gasteiger partial charge in [-0.1, -0.05) is 165 Å². The van der Waals surface area contributed by atoms with Crippen molar-refractivity contribution in [3.05, 3.63) is 161 Å². The third-order valence-electron chi connectivity index (χ3n) is 13.3. The molecule has 0 spiro atoms. The lowest BCUT2D eigenvalue weighted by molar-refractivity contribution is 0.569. The summed E-state index contributed by atoms with van der Waals surface area (Å²) >= 11 is 1.87. The number of hydrogen-bond acceptors (Lipinski definition) is 5. The van der Waals surface area contributed by atoms with Gasteiger partial charge in [-0.05, 0) is 128 Å². The lowest BCUT2D eigenvalue weighted by Gasteiger charge is -2.44. The second-order valence-corrected chi connectivity index (χ2v) is 24.5. The average Bonchev–Trinajstić information content (AvgIpc) is 3.69. The van der Waals surface area contributed by atoms with Gasteiger partial charge < -0.3 is 14.7 Å². The topological polar surface area (TPSA) is 22.6 Å². The maximum absolute atomic E-state index is 5.77. The Morgan fingerprint density at radius 2 is 0.923 bits per heavy atom. The number of fused-ring (bicyclic) bond motifs is 4. The zero-order valence-electron chi connectivity index (χ0n) is 41.5. The molecule has 0 unspecified atom stereocenters. The molecule has 7 aromatic rings. The van der Waals surface area contributed by atoms with Crippen LogP contribution >= 0.6 is 11.3 Å². The molecule has 0 aliphatic carbocycles. The third-order valence-corrected chi connectivity index (χ3v) is 14.8. The number of rotatable bonds is 5. The van der Waals surface area contributed by atoms with Gasteiger partial charge in [0.1, 0.15) is 5.00 Å². The van der Waals surface area contributed by atoms with Crippen molar-refractivity contribution in [2.75, 3.05) is 14.7 Å². The molecule has 0 saturated carbocycles. The first-order valence-corrected chi connectivity index (χ1v) is 24.3. The molecule has 65 heavy (non-hydrogen) atoms. The molecule has 332 valence electrons. The van der Waals surface area contributed by atoms with Crippen LogP contribution in [0.2, 0.25) is 0 Å². The van der Waals surface area contributed by atoms with Crippen molar-refractivity contribution in [2.24, 2.45) is 0 Å². The van der Waals surface area contributed by atoms with Crippen LogP contribution in [0.4, 0.5) is 50.5 Å². The Morgan fingerprint density at radius 3 is 1.42 bits per heavy atom. The molecule has 0 bridgehead atoms. The van der Waals surface area contributed by atoms with Crippen LogP contribution in [0.25, 0.3) is 0 Å². The average molecular weight is 875 g/mol. The number of aromatic nitrogens is 1. The highest BCUT2D eigenvalue weighted by Gasteiger charge is 2.47. The van der Waals surface area contributed by atoms with Gasteiger partial charge in [0.05, 0.1) is 10.6 Å². The zero-order chi connectivity index (χ0) is 46.6. The van der Waals surface area contributed by atoms with Crippen molar-refractivity contribution in [1.29, 1.82) is 0 Å². The van der Waals surface area contributed by atoms with Crippen LogP contribution < -0.4 is 31.2 Å². The van der Waals surface area contributed by atoms with E-state index < -0.39 is 0 Å². The summed E-state index contributed by atoms with van der Waals surface area (Å²) in [4.78, 5) is 13.3. The predicted molar refractivity (Wildman–Crippen MR) is 284 cm³/mol. The third kappa shape index (κ3) is 8.11. The van der Waals surface area contributed by atoms with Gasteiger partial charge in [0.15, 0.2) is 0 Å². The van der Waals surface area contributed by atoms with Crippen LogP contribution in [0.15, 0.2) is 133 Å². The SMILES string of the molecule is CC(C)(C)c1ccc(N2c3cc(N(c4ccccc4)c4ccccc4)ccc3B3c4nc(C(C)(C)C)sc4N(c4cc(C(C)(C)C)cc(C(C)(C)C)c4)c4cc(C(C)(C)C)cc2c43)cc1. The van der Waals surface area contributed by atoms with Gasteiger partial charge in [0, 0.05) is 50.9 Å². The van der Waals surface area contributed by atoms with Gasteiger partial charge in [0.25, 0.3) is 6.71 Å². The Hall–Kier alpha value is -5.59. The molecular formula is C59H67BN4S. The van der Waals surface area contributed by atoms with Crippen molar-refractivity contribution in [1.82, 2.24) is 4.98 Å². The van der Waals surface area contributed by atoms with Gasteiger partial charge in [-0.25, -0.2) is 0 Å². The summed E-state index contributed by atoms with van der Waals surface area (Å²) in [6.07, 6.45) is 0. The highest BCUT2D eigenvalue weighted by atomic mass is 32.1. The van der Waals surface area contributed by atoms with E-state index in [-0.39, 0.29) is 33.8 Å². The second-order valence-electron chi connectivity index (χ2n) is 23.6. The van der Waals surface area contributed by atoms with Crippen molar-refractivity contribution in [2.45, 2.75) is 131 Å². The molecule has 0 fully saturated rings. The number of anilines is 9. The first kappa shape index (κ1) is 44.6. The molecule has 0 radical (unpaired) electrons. The molecule has 0 N–H and O–H groups in total. The number of hydrogen-bond donors (Lipinski definition) is 0. The molecule has 0 amide bonds. The van der Waals surface area contributed by atoms with E-state index in [2.05, 4.69) is 252 Å². The lowest BCUT2D eigenvalue weighted by Crippen LogP contribution is -2.61. The Kier molecular flexibility index (Phi) is 10.6. The molecule has 4 nitrogen and oxygen atoms in total. The van der Waals surface area contributed by atoms with Crippen molar-refractivity contribution < 1.29 is 0 Å². The molecule has 2 aliphatic rings.